The molecule has 0 saturated heterocycles. The van der Waals surface area contributed by atoms with Crippen LogP contribution in [0.15, 0.2) is 30.5 Å². The fourth-order valence-electron chi connectivity index (χ4n) is 2.17. The molecule has 1 aromatic carbocycles. The minimum atomic E-state index is 0.125. The van der Waals surface area contributed by atoms with Gasteiger partial charge in [0.15, 0.2) is 11.5 Å². The van der Waals surface area contributed by atoms with Crippen LogP contribution >= 0.6 is 0 Å². The van der Waals surface area contributed by atoms with Gasteiger partial charge in [-0.15, -0.1) is 0 Å². The highest BCUT2D eigenvalue weighted by Gasteiger charge is 2.14. The van der Waals surface area contributed by atoms with E-state index in [4.69, 9.17) is 9.47 Å². The zero-order chi connectivity index (χ0) is 13.9. The van der Waals surface area contributed by atoms with Gasteiger partial charge in [0, 0.05) is 6.20 Å². The lowest BCUT2D eigenvalue weighted by atomic mass is 10.1. The van der Waals surface area contributed by atoms with Gasteiger partial charge in [-0.05, 0) is 37.6 Å². The van der Waals surface area contributed by atoms with Gasteiger partial charge in [0.05, 0.1) is 6.04 Å². The highest BCUT2D eigenvalue weighted by molar-refractivity contribution is 5.46. The second-order valence-electron chi connectivity index (χ2n) is 4.76. The third-order valence-corrected chi connectivity index (χ3v) is 3.21. The molecular formula is C15H17N3O2. The molecule has 2 heterocycles. The molecule has 1 aliphatic rings. The molecule has 1 unspecified atom stereocenters. The van der Waals surface area contributed by atoms with Crippen molar-refractivity contribution >= 4 is 5.82 Å². The van der Waals surface area contributed by atoms with Crippen LogP contribution in [-0.2, 0) is 0 Å². The van der Waals surface area contributed by atoms with Gasteiger partial charge in [0.1, 0.15) is 24.9 Å². The van der Waals surface area contributed by atoms with Gasteiger partial charge in [-0.1, -0.05) is 6.07 Å². The molecule has 0 amide bonds. The molecule has 0 bridgehead atoms. The van der Waals surface area contributed by atoms with E-state index in [1.165, 1.54) is 0 Å². The molecule has 1 aliphatic heterocycles. The Labute approximate surface area is 118 Å². The summed E-state index contributed by atoms with van der Waals surface area (Å²) in [4.78, 5) is 8.44. The molecule has 1 atom stereocenters. The number of benzene rings is 1. The molecule has 5 nitrogen and oxygen atoms in total. The van der Waals surface area contributed by atoms with Crippen LogP contribution in [0.25, 0.3) is 0 Å². The predicted molar refractivity (Wildman–Crippen MR) is 76.2 cm³/mol. The van der Waals surface area contributed by atoms with E-state index in [2.05, 4.69) is 22.2 Å². The van der Waals surface area contributed by atoms with Gasteiger partial charge >= 0.3 is 0 Å². The average molecular weight is 271 g/mol. The van der Waals surface area contributed by atoms with Crippen molar-refractivity contribution in [1.82, 2.24) is 9.97 Å². The van der Waals surface area contributed by atoms with Crippen molar-refractivity contribution in [3.63, 3.8) is 0 Å². The van der Waals surface area contributed by atoms with Gasteiger partial charge in [-0.2, -0.15) is 0 Å². The number of fused-ring (bicyclic) bond motifs is 1. The maximum Gasteiger partial charge on any atom is 0.161 e. The SMILES string of the molecule is Cc1nccc(NC(C)c2ccc3c(c2)OCCO3)n1. The number of anilines is 1. The zero-order valence-electron chi connectivity index (χ0n) is 11.6. The minimum Gasteiger partial charge on any atom is -0.486 e. The zero-order valence-corrected chi connectivity index (χ0v) is 11.6. The Hall–Kier alpha value is -2.30. The summed E-state index contributed by atoms with van der Waals surface area (Å²) in [6.45, 7) is 5.17. The molecule has 1 N–H and O–H groups in total. The molecule has 5 heteroatoms. The number of nitrogens with zero attached hydrogens (tertiary/aromatic N) is 2. The van der Waals surface area contributed by atoms with E-state index < -0.39 is 0 Å². The predicted octanol–water partition coefficient (Wildman–Crippen LogP) is 2.73. The summed E-state index contributed by atoms with van der Waals surface area (Å²) in [5.41, 5.74) is 1.13. The van der Waals surface area contributed by atoms with Crippen LogP contribution in [0.4, 0.5) is 5.82 Å². The van der Waals surface area contributed by atoms with Gasteiger partial charge in [-0.3, -0.25) is 0 Å². The Morgan fingerprint density at radius 3 is 2.75 bits per heavy atom. The van der Waals surface area contributed by atoms with Crippen molar-refractivity contribution in [2.75, 3.05) is 18.5 Å². The molecule has 0 saturated carbocycles. The summed E-state index contributed by atoms with van der Waals surface area (Å²) in [6, 6.07) is 7.99. The first-order chi connectivity index (χ1) is 9.72. The van der Waals surface area contributed by atoms with E-state index in [-0.39, 0.29) is 6.04 Å². The van der Waals surface area contributed by atoms with Crippen molar-refractivity contribution in [3.8, 4) is 11.5 Å². The van der Waals surface area contributed by atoms with E-state index in [0.717, 1.165) is 28.7 Å². The van der Waals surface area contributed by atoms with E-state index in [9.17, 15) is 0 Å². The first kappa shape index (κ1) is 12.7. The molecule has 0 aliphatic carbocycles. The van der Waals surface area contributed by atoms with Crippen LogP contribution in [0.3, 0.4) is 0 Å². The van der Waals surface area contributed by atoms with E-state index in [0.29, 0.717) is 13.2 Å². The number of nitrogens with one attached hydrogen (secondary N) is 1. The molecule has 1 aromatic heterocycles. The number of aryl methyl sites for hydroxylation is 1. The standard InChI is InChI=1S/C15H17N3O2/c1-10(17-15-5-6-16-11(2)18-15)12-3-4-13-14(9-12)20-8-7-19-13/h3-6,9-10H,7-8H2,1-2H3,(H,16,17,18). The Bertz CT molecular complexity index is 616. The van der Waals surface area contributed by atoms with Crippen molar-refractivity contribution in [3.05, 3.63) is 41.9 Å². The molecule has 0 spiro atoms. The summed E-state index contributed by atoms with van der Waals surface area (Å²) in [5.74, 6) is 3.19. The van der Waals surface area contributed by atoms with Crippen LogP contribution in [0, 0.1) is 6.92 Å². The fourth-order valence-corrected chi connectivity index (χ4v) is 2.17. The van der Waals surface area contributed by atoms with E-state index >= 15 is 0 Å². The molecule has 20 heavy (non-hydrogen) atoms. The van der Waals surface area contributed by atoms with Crippen LogP contribution in [0.5, 0.6) is 11.5 Å². The lowest BCUT2D eigenvalue weighted by molar-refractivity contribution is 0.171. The topological polar surface area (TPSA) is 56.3 Å². The third kappa shape index (κ3) is 2.66. The molecular weight excluding hydrogens is 254 g/mol. The first-order valence-corrected chi connectivity index (χ1v) is 6.68. The van der Waals surface area contributed by atoms with Crippen LogP contribution in [0.1, 0.15) is 24.4 Å². The van der Waals surface area contributed by atoms with E-state index in [1.807, 2.05) is 31.2 Å². The molecule has 3 rings (SSSR count). The normalized spacial score (nSPS) is 14.7. The lowest BCUT2D eigenvalue weighted by Gasteiger charge is -2.21. The van der Waals surface area contributed by atoms with Crippen molar-refractivity contribution in [2.24, 2.45) is 0 Å². The van der Waals surface area contributed by atoms with Gasteiger partial charge in [0.25, 0.3) is 0 Å². The van der Waals surface area contributed by atoms with Crippen molar-refractivity contribution in [1.29, 1.82) is 0 Å². The molecule has 2 aromatic rings. The smallest absolute Gasteiger partial charge is 0.161 e. The molecule has 0 fully saturated rings. The quantitative estimate of drug-likeness (QED) is 0.930. The number of ether oxygens (including phenoxy) is 2. The second kappa shape index (κ2) is 5.36. The third-order valence-electron chi connectivity index (χ3n) is 3.21. The molecule has 104 valence electrons. The Morgan fingerprint density at radius 1 is 1.15 bits per heavy atom. The molecule has 0 radical (unpaired) electrons. The van der Waals surface area contributed by atoms with Crippen LogP contribution < -0.4 is 14.8 Å². The van der Waals surface area contributed by atoms with E-state index in [1.54, 1.807) is 6.20 Å². The van der Waals surface area contributed by atoms with Gasteiger partial charge in [0.2, 0.25) is 0 Å². The van der Waals surface area contributed by atoms with Crippen LogP contribution in [0.2, 0.25) is 0 Å². The number of hydrogen-bond donors (Lipinski definition) is 1. The first-order valence-electron chi connectivity index (χ1n) is 6.68. The fraction of sp³-hybridized carbons (Fsp3) is 0.333. The maximum atomic E-state index is 5.61. The monoisotopic (exact) mass is 271 g/mol. The van der Waals surface area contributed by atoms with Gasteiger partial charge < -0.3 is 14.8 Å². The summed E-state index contributed by atoms with van der Waals surface area (Å²) in [7, 11) is 0. The summed E-state index contributed by atoms with van der Waals surface area (Å²) < 4.78 is 11.1. The lowest BCUT2D eigenvalue weighted by Crippen LogP contribution is -2.16. The van der Waals surface area contributed by atoms with Crippen molar-refractivity contribution in [2.45, 2.75) is 19.9 Å². The van der Waals surface area contributed by atoms with Gasteiger partial charge in [-0.25, -0.2) is 9.97 Å². The second-order valence-corrected chi connectivity index (χ2v) is 4.76. The number of aromatic nitrogens is 2. The average Bonchev–Trinajstić information content (AvgIpc) is 2.47. The highest BCUT2D eigenvalue weighted by Crippen LogP contribution is 2.33. The van der Waals surface area contributed by atoms with Crippen LogP contribution in [-0.4, -0.2) is 23.2 Å². The Morgan fingerprint density at radius 2 is 1.95 bits per heavy atom. The van der Waals surface area contributed by atoms with Crippen molar-refractivity contribution < 1.29 is 9.47 Å². The summed E-state index contributed by atoms with van der Waals surface area (Å²) >= 11 is 0. The number of rotatable bonds is 3. The number of hydrogen-bond acceptors (Lipinski definition) is 5. The Balaban J connectivity index is 1.78. The highest BCUT2D eigenvalue weighted by atomic mass is 16.6. The largest absolute Gasteiger partial charge is 0.486 e. The minimum absolute atomic E-state index is 0.125. The maximum absolute atomic E-state index is 5.61. The summed E-state index contributed by atoms with van der Waals surface area (Å²) in [6.07, 6.45) is 1.75. The summed E-state index contributed by atoms with van der Waals surface area (Å²) in [5, 5.41) is 3.36. The Kier molecular flexibility index (Phi) is 3.41.